The van der Waals surface area contributed by atoms with E-state index in [0.717, 1.165) is 16.8 Å². The fourth-order valence-electron chi connectivity index (χ4n) is 3.42. The molecule has 1 saturated heterocycles. The number of nitrogens with one attached hydrogen (secondary N) is 1. The molecule has 1 fully saturated rings. The van der Waals surface area contributed by atoms with E-state index in [-0.39, 0.29) is 17.9 Å². The van der Waals surface area contributed by atoms with Crippen molar-refractivity contribution in [3.63, 3.8) is 0 Å². The van der Waals surface area contributed by atoms with Gasteiger partial charge in [-0.25, -0.2) is 8.42 Å². The molecular formula is C21H30N4O4S. The molecule has 30 heavy (non-hydrogen) atoms. The lowest BCUT2D eigenvalue weighted by Crippen LogP contribution is -2.50. The zero-order valence-corrected chi connectivity index (χ0v) is 19.0. The molecule has 1 aliphatic rings. The van der Waals surface area contributed by atoms with Gasteiger partial charge in [0.05, 0.1) is 17.1 Å². The first-order chi connectivity index (χ1) is 14.0. The van der Waals surface area contributed by atoms with E-state index in [1.807, 2.05) is 51.7 Å². The number of sulfonamides is 1. The van der Waals surface area contributed by atoms with E-state index < -0.39 is 10.0 Å². The molecule has 2 heterocycles. The van der Waals surface area contributed by atoms with Gasteiger partial charge in [-0.05, 0) is 25.5 Å². The number of piperazine rings is 1. The minimum atomic E-state index is -3.54. The number of carbonyl (C=O) groups is 1. The van der Waals surface area contributed by atoms with E-state index in [2.05, 4.69) is 10.5 Å². The summed E-state index contributed by atoms with van der Waals surface area (Å²) in [6.07, 6.45) is 0. The average Bonchev–Trinajstić information content (AvgIpc) is 3.10. The third-order valence-electron chi connectivity index (χ3n) is 5.19. The zero-order valence-electron chi connectivity index (χ0n) is 18.2. The summed E-state index contributed by atoms with van der Waals surface area (Å²) in [7, 11) is -3.54. The van der Waals surface area contributed by atoms with Crippen LogP contribution in [0.25, 0.3) is 0 Å². The van der Waals surface area contributed by atoms with Crippen molar-refractivity contribution in [2.75, 3.05) is 38.0 Å². The van der Waals surface area contributed by atoms with Crippen molar-refractivity contribution < 1.29 is 17.7 Å². The van der Waals surface area contributed by atoms with Crippen molar-refractivity contribution in [3.05, 3.63) is 41.1 Å². The van der Waals surface area contributed by atoms with Crippen LogP contribution >= 0.6 is 0 Å². The van der Waals surface area contributed by atoms with Crippen LogP contribution in [0.2, 0.25) is 0 Å². The molecule has 8 nitrogen and oxygen atoms in total. The van der Waals surface area contributed by atoms with Gasteiger partial charge < -0.3 is 4.52 Å². The van der Waals surface area contributed by atoms with E-state index in [0.29, 0.717) is 37.0 Å². The first-order valence-corrected chi connectivity index (χ1v) is 11.5. The van der Waals surface area contributed by atoms with Crippen LogP contribution in [-0.2, 0) is 20.2 Å². The van der Waals surface area contributed by atoms with Crippen molar-refractivity contribution in [1.82, 2.24) is 14.4 Å². The van der Waals surface area contributed by atoms with Crippen LogP contribution in [0.3, 0.4) is 0 Å². The minimum absolute atomic E-state index is 0.163. The Morgan fingerprint density at radius 3 is 2.37 bits per heavy atom. The number of hydrogen-bond donors (Lipinski definition) is 1. The number of amides is 1. The summed E-state index contributed by atoms with van der Waals surface area (Å²) in [4.78, 5) is 14.6. The quantitative estimate of drug-likeness (QED) is 0.777. The second-order valence-corrected chi connectivity index (χ2v) is 10.7. The van der Waals surface area contributed by atoms with Gasteiger partial charge in [-0.15, -0.1) is 0 Å². The summed E-state index contributed by atoms with van der Waals surface area (Å²) in [6, 6.07) is 7.09. The zero-order chi connectivity index (χ0) is 22.1. The van der Waals surface area contributed by atoms with Crippen molar-refractivity contribution in [2.45, 2.75) is 44.9 Å². The van der Waals surface area contributed by atoms with Gasteiger partial charge in [0.2, 0.25) is 21.8 Å². The fourth-order valence-corrected chi connectivity index (χ4v) is 5.05. The molecule has 0 bridgehead atoms. The van der Waals surface area contributed by atoms with Crippen LogP contribution in [-0.4, -0.2) is 61.4 Å². The second kappa shape index (κ2) is 8.49. The van der Waals surface area contributed by atoms with E-state index in [1.165, 1.54) is 4.31 Å². The van der Waals surface area contributed by atoms with Crippen molar-refractivity contribution >= 4 is 21.8 Å². The Morgan fingerprint density at radius 1 is 1.13 bits per heavy atom. The van der Waals surface area contributed by atoms with Gasteiger partial charge in [-0.2, -0.15) is 4.31 Å². The Balaban J connectivity index is 1.55. The summed E-state index contributed by atoms with van der Waals surface area (Å²) in [6.45, 7) is 11.6. The number of anilines is 1. The van der Waals surface area contributed by atoms with Gasteiger partial charge in [0.15, 0.2) is 0 Å². The summed E-state index contributed by atoms with van der Waals surface area (Å²) in [5.74, 6) is 0.110. The Kier molecular flexibility index (Phi) is 6.35. The van der Waals surface area contributed by atoms with E-state index in [1.54, 1.807) is 12.1 Å². The molecule has 0 spiro atoms. The Morgan fingerprint density at radius 2 is 1.80 bits per heavy atom. The monoisotopic (exact) mass is 434 g/mol. The SMILES string of the molecule is Cc1ccc(S(=O)(=O)N2CCN(CC(=O)Nc3cc(C(C)(C)C)no3)CC2)c(C)c1. The third kappa shape index (κ3) is 5.08. The van der Waals surface area contributed by atoms with E-state index in [9.17, 15) is 13.2 Å². The van der Waals surface area contributed by atoms with Crippen LogP contribution in [0, 0.1) is 13.8 Å². The molecule has 1 aromatic heterocycles. The van der Waals surface area contributed by atoms with Crippen LogP contribution in [0.15, 0.2) is 33.7 Å². The molecule has 164 valence electrons. The van der Waals surface area contributed by atoms with Crippen LogP contribution < -0.4 is 5.32 Å². The van der Waals surface area contributed by atoms with Crippen LogP contribution in [0.5, 0.6) is 0 Å². The number of rotatable bonds is 5. The fraction of sp³-hybridized carbons (Fsp3) is 0.524. The van der Waals surface area contributed by atoms with E-state index in [4.69, 9.17) is 4.52 Å². The Bertz CT molecular complexity index is 1020. The Hall–Kier alpha value is -2.23. The molecular weight excluding hydrogens is 404 g/mol. The molecule has 0 atom stereocenters. The number of hydrogen-bond acceptors (Lipinski definition) is 6. The van der Waals surface area contributed by atoms with Crippen molar-refractivity contribution in [1.29, 1.82) is 0 Å². The van der Waals surface area contributed by atoms with Crippen molar-refractivity contribution in [2.24, 2.45) is 0 Å². The van der Waals surface area contributed by atoms with Gasteiger partial charge >= 0.3 is 0 Å². The summed E-state index contributed by atoms with van der Waals surface area (Å²) < 4.78 is 32.6. The van der Waals surface area contributed by atoms with Gasteiger partial charge in [-0.1, -0.05) is 43.6 Å². The molecule has 1 aromatic carbocycles. The lowest BCUT2D eigenvalue weighted by Gasteiger charge is -2.33. The summed E-state index contributed by atoms with van der Waals surface area (Å²) >= 11 is 0. The highest BCUT2D eigenvalue weighted by molar-refractivity contribution is 7.89. The number of aromatic nitrogens is 1. The predicted molar refractivity (Wildman–Crippen MR) is 115 cm³/mol. The molecule has 1 aliphatic heterocycles. The van der Waals surface area contributed by atoms with Crippen LogP contribution in [0.4, 0.5) is 5.88 Å². The third-order valence-corrected chi connectivity index (χ3v) is 7.25. The summed E-state index contributed by atoms with van der Waals surface area (Å²) in [5, 5.41) is 6.71. The largest absolute Gasteiger partial charge is 0.338 e. The maximum atomic E-state index is 13.0. The maximum absolute atomic E-state index is 13.0. The van der Waals surface area contributed by atoms with Gasteiger partial charge in [0.25, 0.3) is 0 Å². The highest BCUT2D eigenvalue weighted by atomic mass is 32.2. The molecule has 0 unspecified atom stereocenters. The first-order valence-electron chi connectivity index (χ1n) is 10.0. The minimum Gasteiger partial charge on any atom is -0.338 e. The van der Waals surface area contributed by atoms with Gasteiger partial charge in [0, 0.05) is 37.7 Å². The highest BCUT2D eigenvalue weighted by Gasteiger charge is 2.30. The normalized spacial score (nSPS) is 16.6. The molecule has 0 radical (unpaired) electrons. The molecule has 0 aliphatic carbocycles. The first kappa shape index (κ1) is 22.5. The lowest BCUT2D eigenvalue weighted by atomic mass is 9.92. The summed E-state index contributed by atoms with van der Waals surface area (Å²) in [5.41, 5.74) is 2.38. The molecule has 1 N–H and O–H groups in total. The molecule has 9 heteroatoms. The number of carbonyl (C=O) groups excluding carboxylic acids is 1. The molecule has 2 aromatic rings. The topological polar surface area (TPSA) is 95.8 Å². The highest BCUT2D eigenvalue weighted by Crippen LogP contribution is 2.24. The number of benzene rings is 1. The molecule has 1 amide bonds. The maximum Gasteiger partial charge on any atom is 0.243 e. The number of nitrogens with zero attached hydrogens (tertiary/aromatic N) is 3. The standard InChI is InChI=1S/C21H30N4O4S/c1-15-6-7-17(16(2)12-15)30(27,28)25-10-8-24(9-11-25)14-19(26)22-20-13-18(23-29-20)21(3,4)5/h6-7,12-13H,8-11,14H2,1-5H3,(H,22,26). The smallest absolute Gasteiger partial charge is 0.243 e. The van der Waals surface area contributed by atoms with Crippen LogP contribution in [0.1, 0.15) is 37.6 Å². The van der Waals surface area contributed by atoms with Gasteiger partial charge in [-0.3, -0.25) is 15.0 Å². The average molecular weight is 435 g/mol. The molecule has 3 rings (SSSR count). The van der Waals surface area contributed by atoms with Crippen molar-refractivity contribution in [3.8, 4) is 0 Å². The Labute approximate surface area is 178 Å². The lowest BCUT2D eigenvalue weighted by molar-refractivity contribution is -0.117. The predicted octanol–water partition coefficient (Wildman–Crippen LogP) is 2.53. The second-order valence-electron chi connectivity index (χ2n) is 8.82. The van der Waals surface area contributed by atoms with Gasteiger partial charge in [0.1, 0.15) is 0 Å². The molecule has 0 saturated carbocycles. The number of aryl methyl sites for hydroxylation is 2. The van der Waals surface area contributed by atoms with E-state index >= 15 is 0 Å².